The Hall–Kier alpha value is -2.75. The fraction of sp³-hybridized carbons (Fsp3) is 0.118. The third-order valence-corrected chi connectivity index (χ3v) is 3.53. The van der Waals surface area contributed by atoms with Crippen molar-refractivity contribution < 1.29 is 4.74 Å². The van der Waals surface area contributed by atoms with Crippen molar-refractivity contribution in [3.05, 3.63) is 70.6 Å². The fourth-order valence-electron chi connectivity index (χ4n) is 2.45. The van der Waals surface area contributed by atoms with Crippen LogP contribution in [0.25, 0.3) is 16.8 Å². The largest absolute Gasteiger partial charge is 0.497 e. The Kier molecular flexibility index (Phi) is 3.36. The fourth-order valence-corrected chi connectivity index (χ4v) is 2.45. The highest BCUT2D eigenvalue weighted by molar-refractivity contribution is 5.65. The number of hydrogen-bond acceptors (Lipinski definition) is 2. The van der Waals surface area contributed by atoms with Crippen molar-refractivity contribution in [3.8, 4) is 22.6 Å². The molecule has 0 radical (unpaired) electrons. The lowest BCUT2D eigenvalue weighted by molar-refractivity contribution is 0.414. The molecule has 4 heteroatoms. The van der Waals surface area contributed by atoms with Crippen LogP contribution in [-0.4, -0.2) is 16.9 Å². The van der Waals surface area contributed by atoms with Crippen LogP contribution in [0.2, 0.25) is 0 Å². The predicted molar refractivity (Wildman–Crippen MR) is 83.1 cm³/mol. The zero-order valence-electron chi connectivity index (χ0n) is 12.0. The van der Waals surface area contributed by atoms with E-state index in [2.05, 4.69) is 5.10 Å². The van der Waals surface area contributed by atoms with Crippen LogP contribution in [0, 0.1) is 6.92 Å². The van der Waals surface area contributed by atoms with Crippen LogP contribution >= 0.6 is 0 Å². The molecule has 2 aromatic carbocycles. The Morgan fingerprint density at radius 2 is 1.67 bits per heavy atom. The van der Waals surface area contributed by atoms with Crippen LogP contribution in [-0.2, 0) is 0 Å². The monoisotopic (exact) mass is 280 g/mol. The van der Waals surface area contributed by atoms with E-state index in [0.717, 1.165) is 22.7 Å². The topological polar surface area (TPSA) is 47.0 Å². The van der Waals surface area contributed by atoms with Crippen molar-refractivity contribution in [2.45, 2.75) is 6.92 Å². The molecule has 0 atom stereocenters. The summed E-state index contributed by atoms with van der Waals surface area (Å²) in [6, 6.07) is 17.2. The van der Waals surface area contributed by atoms with Crippen LogP contribution in [0.5, 0.6) is 5.75 Å². The van der Waals surface area contributed by atoms with Crippen LogP contribution in [0.15, 0.2) is 59.4 Å². The second kappa shape index (κ2) is 5.32. The second-order valence-corrected chi connectivity index (χ2v) is 4.80. The zero-order valence-corrected chi connectivity index (χ0v) is 12.0. The number of H-pyrrole nitrogens is 1. The summed E-state index contributed by atoms with van der Waals surface area (Å²) in [5.74, 6) is 0.786. The number of hydrogen-bond donors (Lipinski definition) is 1. The average Bonchev–Trinajstić information content (AvgIpc) is 2.83. The Labute approximate surface area is 122 Å². The van der Waals surface area contributed by atoms with Gasteiger partial charge in [-0.3, -0.25) is 14.6 Å². The summed E-state index contributed by atoms with van der Waals surface area (Å²) in [4.78, 5) is 12.3. The van der Waals surface area contributed by atoms with E-state index in [0.29, 0.717) is 5.56 Å². The van der Waals surface area contributed by atoms with Gasteiger partial charge in [-0.05, 0) is 36.8 Å². The Bertz CT molecular complexity index is 799. The summed E-state index contributed by atoms with van der Waals surface area (Å²) in [5.41, 5.74) is 3.31. The molecule has 21 heavy (non-hydrogen) atoms. The van der Waals surface area contributed by atoms with E-state index in [-0.39, 0.29) is 5.56 Å². The number of aromatic amines is 1. The Morgan fingerprint density at radius 3 is 2.29 bits per heavy atom. The molecule has 0 aliphatic heterocycles. The van der Waals surface area contributed by atoms with Gasteiger partial charge in [0.2, 0.25) is 0 Å². The summed E-state index contributed by atoms with van der Waals surface area (Å²) >= 11 is 0. The molecule has 3 aromatic rings. The van der Waals surface area contributed by atoms with Crippen LogP contribution in [0.1, 0.15) is 5.69 Å². The van der Waals surface area contributed by atoms with Crippen molar-refractivity contribution in [2.24, 2.45) is 0 Å². The first-order valence-electron chi connectivity index (χ1n) is 6.72. The quantitative estimate of drug-likeness (QED) is 0.801. The standard InChI is InChI=1S/C17H16N2O2/c1-12-16(13-6-4-3-5-7-13)17(20)18-19(12)14-8-10-15(21-2)11-9-14/h3-11H,1-2H3,(H,18,20). The summed E-state index contributed by atoms with van der Waals surface area (Å²) < 4.78 is 6.95. The molecule has 0 bridgehead atoms. The molecule has 0 saturated carbocycles. The van der Waals surface area contributed by atoms with Crippen LogP contribution in [0.4, 0.5) is 0 Å². The molecule has 0 spiro atoms. The van der Waals surface area contributed by atoms with Crippen molar-refractivity contribution in [1.82, 2.24) is 9.78 Å². The van der Waals surface area contributed by atoms with Gasteiger partial charge < -0.3 is 4.74 Å². The number of aromatic nitrogens is 2. The maximum absolute atomic E-state index is 12.3. The molecule has 1 aromatic heterocycles. The summed E-state index contributed by atoms with van der Waals surface area (Å²) in [7, 11) is 1.63. The van der Waals surface area contributed by atoms with Gasteiger partial charge in [-0.2, -0.15) is 0 Å². The van der Waals surface area contributed by atoms with E-state index in [4.69, 9.17) is 4.74 Å². The van der Waals surface area contributed by atoms with Crippen LogP contribution in [0.3, 0.4) is 0 Å². The van der Waals surface area contributed by atoms with E-state index in [1.165, 1.54) is 0 Å². The molecule has 0 aliphatic carbocycles. The maximum Gasteiger partial charge on any atom is 0.272 e. The molecule has 4 nitrogen and oxygen atoms in total. The number of benzene rings is 2. The van der Waals surface area contributed by atoms with E-state index in [9.17, 15) is 4.79 Å². The minimum atomic E-state index is -0.0884. The molecule has 0 aliphatic rings. The highest BCUT2D eigenvalue weighted by Gasteiger charge is 2.13. The highest BCUT2D eigenvalue weighted by Crippen LogP contribution is 2.22. The molecule has 3 rings (SSSR count). The van der Waals surface area contributed by atoms with Gasteiger partial charge in [0.05, 0.1) is 24.1 Å². The van der Waals surface area contributed by atoms with E-state index in [1.54, 1.807) is 11.8 Å². The van der Waals surface area contributed by atoms with E-state index < -0.39 is 0 Å². The Balaban J connectivity index is 2.11. The lowest BCUT2D eigenvalue weighted by Crippen LogP contribution is -2.05. The molecule has 1 heterocycles. The number of ether oxygens (including phenoxy) is 1. The lowest BCUT2D eigenvalue weighted by atomic mass is 10.1. The third kappa shape index (κ3) is 2.36. The van der Waals surface area contributed by atoms with Gasteiger partial charge in [0.15, 0.2) is 0 Å². The molecule has 106 valence electrons. The molecular weight excluding hydrogens is 264 g/mol. The van der Waals surface area contributed by atoms with Gasteiger partial charge in [0.25, 0.3) is 5.56 Å². The van der Waals surface area contributed by atoms with Gasteiger partial charge in [-0.25, -0.2) is 0 Å². The molecular formula is C17H16N2O2. The molecule has 0 amide bonds. The third-order valence-electron chi connectivity index (χ3n) is 3.53. The van der Waals surface area contributed by atoms with Crippen LogP contribution < -0.4 is 10.3 Å². The first kappa shape index (κ1) is 13.2. The molecule has 0 unspecified atom stereocenters. The maximum atomic E-state index is 12.3. The first-order chi connectivity index (χ1) is 10.2. The number of rotatable bonds is 3. The van der Waals surface area contributed by atoms with Crippen molar-refractivity contribution in [1.29, 1.82) is 0 Å². The summed E-state index contributed by atoms with van der Waals surface area (Å²) in [5, 5.41) is 2.89. The first-order valence-corrected chi connectivity index (χ1v) is 6.72. The molecule has 0 saturated heterocycles. The summed E-state index contributed by atoms with van der Waals surface area (Å²) in [6.45, 7) is 1.93. The number of nitrogens with zero attached hydrogens (tertiary/aromatic N) is 1. The lowest BCUT2D eigenvalue weighted by Gasteiger charge is -2.07. The van der Waals surface area contributed by atoms with Crippen molar-refractivity contribution in [2.75, 3.05) is 7.11 Å². The molecule has 0 fully saturated rings. The van der Waals surface area contributed by atoms with Gasteiger partial charge in [-0.1, -0.05) is 30.3 Å². The van der Waals surface area contributed by atoms with Gasteiger partial charge >= 0.3 is 0 Å². The normalized spacial score (nSPS) is 10.6. The van der Waals surface area contributed by atoms with E-state index in [1.807, 2.05) is 61.5 Å². The van der Waals surface area contributed by atoms with Crippen molar-refractivity contribution in [3.63, 3.8) is 0 Å². The zero-order chi connectivity index (χ0) is 14.8. The average molecular weight is 280 g/mol. The SMILES string of the molecule is COc1ccc(-n2[nH]c(=O)c(-c3ccccc3)c2C)cc1. The number of nitrogens with one attached hydrogen (secondary N) is 1. The smallest absolute Gasteiger partial charge is 0.272 e. The second-order valence-electron chi connectivity index (χ2n) is 4.80. The molecule has 1 N–H and O–H groups in total. The van der Waals surface area contributed by atoms with E-state index >= 15 is 0 Å². The Morgan fingerprint density at radius 1 is 1.00 bits per heavy atom. The van der Waals surface area contributed by atoms with Gasteiger partial charge in [0, 0.05) is 0 Å². The van der Waals surface area contributed by atoms with Gasteiger partial charge in [-0.15, -0.1) is 0 Å². The van der Waals surface area contributed by atoms with Gasteiger partial charge in [0.1, 0.15) is 5.75 Å². The minimum Gasteiger partial charge on any atom is -0.497 e. The highest BCUT2D eigenvalue weighted by atomic mass is 16.5. The summed E-state index contributed by atoms with van der Waals surface area (Å²) in [6.07, 6.45) is 0. The van der Waals surface area contributed by atoms with Crippen molar-refractivity contribution >= 4 is 0 Å². The minimum absolute atomic E-state index is 0.0884. The number of methoxy groups -OCH3 is 1. The predicted octanol–water partition coefficient (Wildman–Crippen LogP) is 3.15.